The summed E-state index contributed by atoms with van der Waals surface area (Å²) in [4.78, 5) is 0. The zero-order chi connectivity index (χ0) is 17.6. The highest BCUT2D eigenvalue weighted by Crippen LogP contribution is 2.23. The summed E-state index contributed by atoms with van der Waals surface area (Å²) < 4.78 is 41.4. The molecule has 0 heterocycles. The first kappa shape index (κ1) is 17.0. The van der Waals surface area contributed by atoms with Crippen LogP contribution in [0.2, 0.25) is 0 Å². The highest BCUT2D eigenvalue weighted by atomic mass is 19.1. The van der Waals surface area contributed by atoms with E-state index in [-0.39, 0.29) is 12.2 Å². The van der Waals surface area contributed by atoms with Crippen molar-refractivity contribution in [1.29, 1.82) is 0 Å². The molecule has 1 unspecified atom stereocenters. The fourth-order valence-corrected chi connectivity index (χ4v) is 2.58. The smallest absolute Gasteiger partial charge is 0.130 e. The van der Waals surface area contributed by atoms with Crippen LogP contribution in [-0.4, -0.2) is 0 Å². The maximum Gasteiger partial charge on any atom is 0.130 e. The van der Waals surface area contributed by atoms with Crippen molar-refractivity contribution in [3.05, 3.63) is 107 Å². The Hall–Kier alpha value is -2.81. The molecule has 0 bridgehead atoms. The van der Waals surface area contributed by atoms with E-state index in [2.05, 4.69) is 0 Å². The predicted octanol–water partition coefficient (Wildman–Crippen LogP) is 6.39. The quantitative estimate of drug-likeness (QED) is 0.473. The number of alkyl halides is 1. The van der Waals surface area contributed by atoms with Crippen molar-refractivity contribution >= 4 is 12.2 Å². The molecule has 0 aliphatic rings. The predicted molar refractivity (Wildman–Crippen MR) is 95.7 cm³/mol. The molecule has 0 saturated carbocycles. The van der Waals surface area contributed by atoms with Gasteiger partial charge in [-0.25, -0.2) is 13.2 Å². The molecule has 0 aliphatic carbocycles. The summed E-state index contributed by atoms with van der Waals surface area (Å²) in [7, 11) is 0. The Morgan fingerprint density at radius 2 is 1.52 bits per heavy atom. The average Bonchev–Trinajstić information content (AvgIpc) is 2.63. The molecule has 126 valence electrons. The Morgan fingerprint density at radius 3 is 2.20 bits per heavy atom. The molecular formula is C22H17F3. The van der Waals surface area contributed by atoms with Gasteiger partial charge in [0, 0.05) is 12.0 Å². The number of benzene rings is 3. The van der Waals surface area contributed by atoms with E-state index >= 15 is 0 Å². The number of hydrogen-bond acceptors (Lipinski definition) is 0. The minimum atomic E-state index is -1.17. The SMILES string of the molecule is Fc1ccc(/C=C/c2ccc(CC(F)c3ccccc3)cc2F)cc1. The normalized spacial score (nSPS) is 12.4. The van der Waals surface area contributed by atoms with Gasteiger partial charge in [-0.2, -0.15) is 0 Å². The van der Waals surface area contributed by atoms with Crippen molar-refractivity contribution in [3.63, 3.8) is 0 Å². The molecule has 0 fully saturated rings. The second-order valence-corrected chi connectivity index (χ2v) is 5.82. The van der Waals surface area contributed by atoms with E-state index in [4.69, 9.17) is 0 Å². The zero-order valence-corrected chi connectivity index (χ0v) is 13.5. The minimum Gasteiger partial charge on any atom is -0.242 e. The van der Waals surface area contributed by atoms with Crippen LogP contribution < -0.4 is 0 Å². The first-order chi connectivity index (χ1) is 12.1. The molecule has 0 N–H and O–H groups in total. The molecule has 0 aliphatic heterocycles. The highest BCUT2D eigenvalue weighted by Gasteiger charge is 2.11. The van der Waals surface area contributed by atoms with Crippen LogP contribution in [0.4, 0.5) is 13.2 Å². The van der Waals surface area contributed by atoms with Crippen LogP contribution in [-0.2, 0) is 6.42 Å². The van der Waals surface area contributed by atoms with Crippen LogP contribution in [0.15, 0.2) is 72.8 Å². The van der Waals surface area contributed by atoms with Crippen molar-refractivity contribution in [2.75, 3.05) is 0 Å². The lowest BCUT2D eigenvalue weighted by molar-refractivity contribution is 0.342. The van der Waals surface area contributed by atoms with Crippen LogP contribution in [0, 0.1) is 11.6 Å². The summed E-state index contributed by atoms with van der Waals surface area (Å²) >= 11 is 0. The third kappa shape index (κ3) is 4.60. The van der Waals surface area contributed by atoms with Gasteiger partial charge in [0.2, 0.25) is 0 Å². The Balaban J connectivity index is 1.71. The maximum absolute atomic E-state index is 14.3. The molecule has 1 atom stereocenters. The van der Waals surface area contributed by atoms with Crippen LogP contribution >= 0.6 is 0 Å². The Bertz CT molecular complexity index is 852. The molecule has 0 aromatic heterocycles. The van der Waals surface area contributed by atoms with E-state index < -0.39 is 12.0 Å². The van der Waals surface area contributed by atoms with Gasteiger partial charge in [0.25, 0.3) is 0 Å². The first-order valence-electron chi connectivity index (χ1n) is 8.03. The number of halogens is 3. The van der Waals surface area contributed by atoms with Gasteiger partial charge in [-0.05, 0) is 34.9 Å². The van der Waals surface area contributed by atoms with Gasteiger partial charge in [0.05, 0.1) is 0 Å². The topological polar surface area (TPSA) is 0 Å². The standard InChI is InChI=1S/C22H17F3/c23-20-12-8-16(9-13-20)6-10-19-11-7-17(15-22(19)25)14-21(24)18-4-2-1-3-5-18/h1-13,15,21H,14H2/b10-6+. The first-order valence-corrected chi connectivity index (χ1v) is 8.03. The Kier molecular flexibility index (Phi) is 5.34. The fraction of sp³-hybridized carbons (Fsp3) is 0.0909. The minimum absolute atomic E-state index is 0.128. The van der Waals surface area contributed by atoms with Crippen molar-refractivity contribution in [2.24, 2.45) is 0 Å². The van der Waals surface area contributed by atoms with Gasteiger partial charge in [-0.3, -0.25) is 0 Å². The molecule has 3 rings (SSSR count). The van der Waals surface area contributed by atoms with Gasteiger partial charge >= 0.3 is 0 Å². The molecule has 0 spiro atoms. The second kappa shape index (κ2) is 7.84. The zero-order valence-electron chi connectivity index (χ0n) is 13.5. The number of hydrogen-bond donors (Lipinski definition) is 0. The average molecular weight is 338 g/mol. The summed E-state index contributed by atoms with van der Waals surface area (Å²) in [5.74, 6) is -0.719. The van der Waals surface area contributed by atoms with E-state index in [0.29, 0.717) is 16.7 Å². The monoisotopic (exact) mass is 338 g/mol. The van der Waals surface area contributed by atoms with E-state index in [1.807, 2.05) is 6.07 Å². The second-order valence-electron chi connectivity index (χ2n) is 5.82. The molecule has 3 aromatic carbocycles. The van der Waals surface area contributed by atoms with Gasteiger partial charge in [0.15, 0.2) is 0 Å². The highest BCUT2D eigenvalue weighted by molar-refractivity contribution is 5.69. The van der Waals surface area contributed by atoms with Crippen LogP contribution in [0.3, 0.4) is 0 Å². The summed E-state index contributed by atoms with van der Waals surface area (Å²) in [6.07, 6.45) is 2.29. The van der Waals surface area contributed by atoms with E-state index in [1.165, 1.54) is 18.2 Å². The molecule has 25 heavy (non-hydrogen) atoms. The summed E-state index contributed by atoms with van der Waals surface area (Å²) in [5, 5.41) is 0. The summed E-state index contributed by atoms with van der Waals surface area (Å²) in [5.41, 5.74) is 2.37. The lowest BCUT2D eigenvalue weighted by atomic mass is 10.0. The molecule has 0 saturated heterocycles. The van der Waals surface area contributed by atoms with E-state index in [0.717, 1.165) is 5.56 Å². The molecular weight excluding hydrogens is 321 g/mol. The Morgan fingerprint density at radius 1 is 0.800 bits per heavy atom. The summed E-state index contributed by atoms with van der Waals surface area (Å²) in [6, 6.07) is 19.5. The lowest BCUT2D eigenvalue weighted by Crippen LogP contribution is -1.98. The van der Waals surface area contributed by atoms with Crippen molar-refractivity contribution in [1.82, 2.24) is 0 Å². The molecule has 0 nitrogen and oxygen atoms in total. The van der Waals surface area contributed by atoms with Gasteiger partial charge in [-0.15, -0.1) is 0 Å². The van der Waals surface area contributed by atoms with Crippen LogP contribution in [0.1, 0.15) is 28.4 Å². The summed E-state index contributed by atoms with van der Waals surface area (Å²) in [6.45, 7) is 0. The van der Waals surface area contributed by atoms with E-state index in [9.17, 15) is 13.2 Å². The largest absolute Gasteiger partial charge is 0.242 e. The van der Waals surface area contributed by atoms with Crippen molar-refractivity contribution in [2.45, 2.75) is 12.6 Å². The Labute approximate surface area is 145 Å². The molecule has 3 aromatic rings. The van der Waals surface area contributed by atoms with Gasteiger partial charge < -0.3 is 0 Å². The van der Waals surface area contributed by atoms with Gasteiger partial charge in [0.1, 0.15) is 17.8 Å². The van der Waals surface area contributed by atoms with E-state index in [1.54, 1.807) is 60.7 Å². The van der Waals surface area contributed by atoms with Crippen LogP contribution in [0.5, 0.6) is 0 Å². The molecule has 3 heteroatoms. The third-order valence-corrected chi connectivity index (χ3v) is 3.97. The fourth-order valence-electron chi connectivity index (χ4n) is 2.58. The van der Waals surface area contributed by atoms with Gasteiger partial charge in [-0.1, -0.05) is 66.7 Å². The van der Waals surface area contributed by atoms with Crippen molar-refractivity contribution in [3.8, 4) is 0 Å². The molecule has 0 amide bonds. The number of rotatable bonds is 5. The lowest BCUT2D eigenvalue weighted by Gasteiger charge is -2.09. The molecule has 0 radical (unpaired) electrons. The van der Waals surface area contributed by atoms with Crippen molar-refractivity contribution < 1.29 is 13.2 Å². The van der Waals surface area contributed by atoms with Crippen LogP contribution in [0.25, 0.3) is 12.2 Å². The third-order valence-electron chi connectivity index (χ3n) is 3.97. The maximum atomic E-state index is 14.3.